The van der Waals surface area contributed by atoms with Crippen LogP contribution in [0.4, 0.5) is 5.69 Å². The topological polar surface area (TPSA) is 55.4 Å². The smallest absolute Gasteiger partial charge is 0.315 e. The van der Waals surface area contributed by atoms with Crippen LogP contribution in [0.5, 0.6) is 0 Å². The molecular weight excluding hydrogens is 286 g/mol. The Hall–Kier alpha value is -1.49. The number of hydrogen-bond donors (Lipinski definition) is 1. The predicted molar refractivity (Wildman–Crippen MR) is 87.7 cm³/mol. The molecule has 0 saturated heterocycles. The quantitative estimate of drug-likeness (QED) is 0.747. The summed E-state index contributed by atoms with van der Waals surface area (Å²) >= 11 is 1.25. The Morgan fingerprint density at radius 2 is 1.86 bits per heavy atom. The van der Waals surface area contributed by atoms with Crippen molar-refractivity contribution in [3.8, 4) is 0 Å². The van der Waals surface area contributed by atoms with Crippen molar-refractivity contribution in [3.63, 3.8) is 0 Å². The highest BCUT2D eigenvalue weighted by Gasteiger charge is 2.07. The summed E-state index contributed by atoms with van der Waals surface area (Å²) in [5.74, 6) is 0.573. The molecule has 1 amide bonds. The van der Waals surface area contributed by atoms with Crippen molar-refractivity contribution in [1.29, 1.82) is 0 Å². The second-order valence-corrected chi connectivity index (χ2v) is 5.76. The number of benzene rings is 1. The maximum Gasteiger partial charge on any atom is 0.315 e. The zero-order valence-electron chi connectivity index (χ0n) is 12.8. The number of carbonyl (C=O) groups excluding carboxylic acids is 2. The van der Waals surface area contributed by atoms with E-state index in [1.54, 1.807) is 6.92 Å². The summed E-state index contributed by atoms with van der Waals surface area (Å²) in [7, 11) is 0. The molecular formula is C16H23NO3S. The van der Waals surface area contributed by atoms with Gasteiger partial charge in [0.1, 0.15) is 0 Å². The van der Waals surface area contributed by atoms with Crippen LogP contribution in [0.15, 0.2) is 24.3 Å². The first-order valence-corrected chi connectivity index (χ1v) is 8.35. The highest BCUT2D eigenvalue weighted by Crippen LogP contribution is 2.20. The summed E-state index contributed by atoms with van der Waals surface area (Å²) in [6, 6.07) is 7.90. The van der Waals surface area contributed by atoms with Gasteiger partial charge in [0, 0.05) is 5.69 Å². The van der Waals surface area contributed by atoms with Crippen LogP contribution in [0.2, 0.25) is 0 Å². The molecule has 0 radical (unpaired) electrons. The van der Waals surface area contributed by atoms with E-state index in [1.165, 1.54) is 17.3 Å². The molecule has 0 spiro atoms. The van der Waals surface area contributed by atoms with Gasteiger partial charge in [-0.3, -0.25) is 9.59 Å². The monoisotopic (exact) mass is 309 g/mol. The number of anilines is 1. The van der Waals surface area contributed by atoms with E-state index in [1.807, 2.05) is 24.3 Å². The van der Waals surface area contributed by atoms with E-state index in [0.29, 0.717) is 12.5 Å². The maximum absolute atomic E-state index is 11.7. The first kappa shape index (κ1) is 17.6. The normalized spacial score (nSPS) is 11.8. The van der Waals surface area contributed by atoms with E-state index in [-0.39, 0.29) is 23.4 Å². The van der Waals surface area contributed by atoms with E-state index in [9.17, 15) is 9.59 Å². The van der Waals surface area contributed by atoms with E-state index in [0.717, 1.165) is 12.1 Å². The van der Waals surface area contributed by atoms with Crippen molar-refractivity contribution in [1.82, 2.24) is 0 Å². The Morgan fingerprint density at radius 3 is 2.43 bits per heavy atom. The lowest BCUT2D eigenvalue weighted by Gasteiger charge is -2.10. The molecule has 0 aliphatic heterocycles. The molecule has 1 aromatic rings. The van der Waals surface area contributed by atoms with Crippen molar-refractivity contribution in [2.24, 2.45) is 0 Å². The molecule has 0 aliphatic rings. The fraction of sp³-hybridized carbons (Fsp3) is 0.500. The number of carbonyl (C=O) groups is 2. The van der Waals surface area contributed by atoms with Crippen LogP contribution in [0.3, 0.4) is 0 Å². The molecule has 1 rings (SSSR count). The van der Waals surface area contributed by atoms with Crippen LogP contribution < -0.4 is 5.32 Å². The molecule has 1 N–H and O–H groups in total. The Balaban J connectivity index is 2.36. The number of hydrogen-bond acceptors (Lipinski definition) is 4. The third kappa shape index (κ3) is 6.67. The third-order valence-electron chi connectivity index (χ3n) is 3.13. The summed E-state index contributed by atoms with van der Waals surface area (Å²) in [5, 5.41) is 2.82. The van der Waals surface area contributed by atoms with Crippen LogP contribution in [0.25, 0.3) is 0 Å². The average molecular weight is 309 g/mol. The van der Waals surface area contributed by atoms with Crippen molar-refractivity contribution in [3.05, 3.63) is 29.8 Å². The van der Waals surface area contributed by atoms with Gasteiger partial charge in [0.2, 0.25) is 5.91 Å². The minimum absolute atomic E-state index is 0.111. The molecule has 0 fully saturated rings. The Labute approximate surface area is 130 Å². The molecule has 0 aliphatic carbocycles. The molecule has 0 heterocycles. The molecule has 5 heteroatoms. The van der Waals surface area contributed by atoms with Gasteiger partial charge in [-0.1, -0.05) is 26.0 Å². The van der Waals surface area contributed by atoms with Gasteiger partial charge in [-0.25, -0.2) is 0 Å². The Morgan fingerprint density at radius 1 is 1.19 bits per heavy atom. The van der Waals surface area contributed by atoms with Crippen LogP contribution in [-0.4, -0.2) is 30.0 Å². The Kier molecular flexibility index (Phi) is 7.90. The largest absolute Gasteiger partial charge is 0.465 e. The SMILES string of the molecule is CCOC(=O)CSCC(=O)Nc1ccc(C(C)CC)cc1. The van der Waals surface area contributed by atoms with Crippen molar-refractivity contribution in [2.45, 2.75) is 33.1 Å². The summed E-state index contributed by atoms with van der Waals surface area (Å²) in [6.45, 7) is 6.47. The fourth-order valence-corrected chi connectivity index (χ4v) is 2.37. The number of rotatable bonds is 8. The molecule has 4 nitrogen and oxygen atoms in total. The zero-order chi connectivity index (χ0) is 15.7. The molecule has 0 aromatic heterocycles. The van der Waals surface area contributed by atoms with Gasteiger partial charge in [0.15, 0.2) is 0 Å². The third-order valence-corrected chi connectivity index (χ3v) is 4.04. The number of esters is 1. The minimum atomic E-state index is -0.284. The molecule has 0 saturated carbocycles. The standard InChI is InChI=1S/C16H23NO3S/c1-4-12(3)13-6-8-14(9-7-13)17-15(18)10-21-11-16(19)20-5-2/h6-9,12H,4-5,10-11H2,1-3H3,(H,17,18). The lowest BCUT2D eigenvalue weighted by molar-refractivity contribution is -0.139. The van der Waals surface area contributed by atoms with E-state index < -0.39 is 0 Å². The molecule has 1 unspecified atom stereocenters. The van der Waals surface area contributed by atoms with Crippen molar-refractivity contribution >= 4 is 29.3 Å². The molecule has 116 valence electrons. The van der Waals surface area contributed by atoms with Crippen molar-refractivity contribution in [2.75, 3.05) is 23.4 Å². The summed E-state index contributed by atoms with van der Waals surface area (Å²) in [4.78, 5) is 22.9. The van der Waals surface area contributed by atoms with Gasteiger partial charge in [-0.2, -0.15) is 0 Å². The number of ether oxygens (including phenoxy) is 1. The molecule has 21 heavy (non-hydrogen) atoms. The maximum atomic E-state index is 11.7. The second kappa shape index (κ2) is 9.45. The summed E-state index contributed by atoms with van der Waals surface area (Å²) in [6.07, 6.45) is 1.09. The minimum Gasteiger partial charge on any atom is -0.465 e. The van der Waals surface area contributed by atoms with Crippen LogP contribution in [0.1, 0.15) is 38.7 Å². The van der Waals surface area contributed by atoms with Crippen LogP contribution >= 0.6 is 11.8 Å². The second-order valence-electron chi connectivity index (χ2n) is 4.78. The zero-order valence-corrected chi connectivity index (χ0v) is 13.7. The van der Waals surface area contributed by atoms with Gasteiger partial charge >= 0.3 is 5.97 Å². The van der Waals surface area contributed by atoms with Gasteiger partial charge in [-0.05, 0) is 37.0 Å². The van der Waals surface area contributed by atoms with Gasteiger partial charge < -0.3 is 10.1 Å². The molecule has 1 atom stereocenters. The first-order valence-electron chi connectivity index (χ1n) is 7.20. The highest BCUT2D eigenvalue weighted by molar-refractivity contribution is 8.00. The van der Waals surface area contributed by atoms with E-state index in [2.05, 4.69) is 19.2 Å². The van der Waals surface area contributed by atoms with Gasteiger partial charge in [0.25, 0.3) is 0 Å². The summed E-state index contributed by atoms with van der Waals surface area (Å²) < 4.78 is 4.80. The average Bonchev–Trinajstić information content (AvgIpc) is 2.47. The lowest BCUT2D eigenvalue weighted by atomic mass is 9.99. The van der Waals surface area contributed by atoms with Gasteiger partial charge in [0.05, 0.1) is 18.1 Å². The number of nitrogens with one attached hydrogen (secondary N) is 1. The number of amides is 1. The lowest BCUT2D eigenvalue weighted by Crippen LogP contribution is -2.16. The number of thioether (sulfide) groups is 1. The predicted octanol–water partition coefficient (Wildman–Crippen LogP) is 3.43. The van der Waals surface area contributed by atoms with Crippen LogP contribution in [-0.2, 0) is 14.3 Å². The molecule has 1 aromatic carbocycles. The Bertz CT molecular complexity index is 459. The molecule has 0 bridgehead atoms. The van der Waals surface area contributed by atoms with Gasteiger partial charge in [-0.15, -0.1) is 11.8 Å². The highest BCUT2D eigenvalue weighted by atomic mass is 32.2. The van der Waals surface area contributed by atoms with E-state index in [4.69, 9.17) is 4.74 Å². The van der Waals surface area contributed by atoms with Crippen LogP contribution in [0, 0.1) is 0 Å². The summed E-state index contributed by atoms with van der Waals surface area (Å²) in [5.41, 5.74) is 2.05. The fourth-order valence-electron chi connectivity index (χ4n) is 1.76. The first-order chi connectivity index (χ1) is 10.1. The van der Waals surface area contributed by atoms with Crippen molar-refractivity contribution < 1.29 is 14.3 Å². The van der Waals surface area contributed by atoms with E-state index >= 15 is 0 Å².